The van der Waals surface area contributed by atoms with E-state index in [9.17, 15) is 4.79 Å². The maximum atomic E-state index is 12.0. The maximum Gasteiger partial charge on any atom is 0.223 e. The largest absolute Gasteiger partial charge is 0.493 e. The van der Waals surface area contributed by atoms with Crippen molar-refractivity contribution in [1.29, 1.82) is 0 Å². The quantitative estimate of drug-likeness (QED) is 0.837. The van der Waals surface area contributed by atoms with Gasteiger partial charge in [-0.3, -0.25) is 9.69 Å². The van der Waals surface area contributed by atoms with Crippen LogP contribution in [0.25, 0.3) is 0 Å². The predicted molar refractivity (Wildman–Crippen MR) is 82.0 cm³/mol. The number of hydrogen-bond donors (Lipinski definition) is 0. The topological polar surface area (TPSA) is 42.0 Å². The van der Waals surface area contributed by atoms with Gasteiger partial charge in [-0.15, -0.1) is 0 Å². The molecule has 0 spiro atoms. The fraction of sp³-hybridized carbons (Fsp3) is 0.588. The van der Waals surface area contributed by atoms with Gasteiger partial charge in [0.15, 0.2) is 11.5 Å². The van der Waals surface area contributed by atoms with Gasteiger partial charge in [0, 0.05) is 25.6 Å². The Kier molecular flexibility index (Phi) is 3.26. The molecule has 2 fully saturated rings. The lowest BCUT2D eigenvalue weighted by atomic mass is 9.88. The molecule has 2 saturated heterocycles. The zero-order valence-corrected chi connectivity index (χ0v) is 13.2. The lowest BCUT2D eigenvalue weighted by Gasteiger charge is -2.48. The fourth-order valence-electron chi connectivity index (χ4n) is 4.32. The van der Waals surface area contributed by atoms with Crippen LogP contribution in [0.5, 0.6) is 11.5 Å². The average molecular weight is 302 g/mol. The number of methoxy groups -OCH3 is 2. The van der Waals surface area contributed by atoms with Gasteiger partial charge >= 0.3 is 0 Å². The third-order valence-corrected chi connectivity index (χ3v) is 5.37. The fourth-order valence-corrected chi connectivity index (χ4v) is 4.32. The molecule has 0 unspecified atom stereocenters. The minimum Gasteiger partial charge on any atom is -0.493 e. The zero-order valence-electron chi connectivity index (χ0n) is 13.2. The number of carbonyl (C=O) groups is 1. The third-order valence-electron chi connectivity index (χ3n) is 5.37. The van der Waals surface area contributed by atoms with Crippen molar-refractivity contribution < 1.29 is 14.3 Å². The molecule has 0 radical (unpaired) electrons. The van der Waals surface area contributed by atoms with Crippen LogP contribution in [-0.4, -0.2) is 49.2 Å². The lowest BCUT2D eigenvalue weighted by Crippen LogP contribution is -2.54. The molecule has 5 nitrogen and oxygen atoms in total. The van der Waals surface area contributed by atoms with Crippen molar-refractivity contribution in [2.24, 2.45) is 0 Å². The molecule has 0 aliphatic carbocycles. The predicted octanol–water partition coefficient (Wildman–Crippen LogP) is 1.96. The molecule has 22 heavy (non-hydrogen) atoms. The first kappa shape index (κ1) is 13.9. The van der Waals surface area contributed by atoms with Gasteiger partial charge in [0.05, 0.1) is 20.4 Å². The minimum atomic E-state index is 0.299. The van der Waals surface area contributed by atoms with Crippen molar-refractivity contribution in [2.75, 3.05) is 27.3 Å². The molecule has 0 aromatic heterocycles. The summed E-state index contributed by atoms with van der Waals surface area (Å²) in [6.45, 7) is 1.89. The Morgan fingerprint density at radius 3 is 2.59 bits per heavy atom. The Bertz CT molecular complexity index is 616. The summed E-state index contributed by atoms with van der Waals surface area (Å²) in [6.07, 6.45) is 3.98. The standard InChI is InChI=1S/C17H22N2O3/c1-21-14-9-11-5-7-18-13(12(11)10-15(14)22-2)6-8-19-16(18)3-4-17(19)20/h9-10,13,16H,3-8H2,1-2H3/t13-,16+/m1/s1. The molecule has 4 rings (SSSR count). The van der Waals surface area contributed by atoms with Crippen molar-refractivity contribution in [2.45, 2.75) is 37.9 Å². The molecule has 0 bridgehead atoms. The Morgan fingerprint density at radius 1 is 1.05 bits per heavy atom. The van der Waals surface area contributed by atoms with E-state index in [4.69, 9.17) is 9.47 Å². The summed E-state index contributed by atoms with van der Waals surface area (Å²) >= 11 is 0. The molecule has 0 N–H and O–H groups in total. The summed E-state index contributed by atoms with van der Waals surface area (Å²) in [5.74, 6) is 1.93. The number of nitrogens with zero attached hydrogens (tertiary/aromatic N) is 2. The molecule has 1 aromatic rings. The monoisotopic (exact) mass is 302 g/mol. The van der Waals surface area contributed by atoms with Gasteiger partial charge in [-0.05, 0) is 42.5 Å². The first-order valence-electron chi connectivity index (χ1n) is 8.03. The van der Waals surface area contributed by atoms with Crippen LogP contribution in [0.15, 0.2) is 12.1 Å². The number of amides is 1. The van der Waals surface area contributed by atoms with E-state index in [1.54, 1.807) is 14.2 Å². The Hall–Kier alpha value is -1.75. The van der Waals surface area contributed by atoms with Gasteiger partial charge in [0.25, 0.3) is 0 Å². The van der Waals surface area contributed by atoms with Crippen molar-refractivity contribution in [3.63, 3.8) is 0 Å². The summed E-state index contributed by atoms with van der Waals surface area (Å²) in [7, 11) is 3.37. The molecule has 0 saturated carbocycles. The molecule has 2 atom stereocenters. The van der Waals surface area contributed by atoms with Crippen LogP contribution in [-0.2, 0) is 11.2 Å². The van der Waals surface area contributed by atoms with Crippen molar-refractivity contribution >= 4 is 5.91 Å². The van der Waals surface area contributed by atoms with Crippen LogP contribution in [0.4, 0.5) is 0 Å². The molecule has 3 heterocycles. The van der Waals surface area contributed by atoms with E-state index in [0.29, 0.717) is 24.5 Å². The van der Waals surface area contributed by atoms with Gasteiger partial charge < -0.3 is 14.4 Å². The van der Waals surface area contributed by atoms with Crippen LogP contribution < -0.4 is 9.47 Å². The maximum absolute atomic E-state index is 12.0. The highest BCUT2D eigenvalue weighted by Gasteiger charge is 2.44. The molecule has 118 valence electrons. The number of ether oxygens (including phenoxy) is 2. The van der Waals surface area contributed by atoms with Crippen LogP contribution in [0.2, 0.25) is 0 Å². The SMILES string of the molecule is COc1cc2c(cc1OC)[C@H]1CCN3C(=O)CC[C@H]3N1CC2. The van der Waals surface area contributed by atoms with E-state index in [1.807, 2.05) is 0 Å². The van der Waals surface area contributed by atoms with Crippen LogP contribution in [0, 0.1) is 0 Å². The normalized spacial score (nSPS) is 27.2. The average Bonchev–Trinajstić information content (AvgIpc) is 2.94. The Morgan fingerprint density at radius 2 is 1.82 bits per heavy atom. The highest BCUT2D eigenvalue weighted by Crippen LogP contribution is 2.44. The number of carbonyl (C=O) groups excluding carboxylic acids is 1. The second-order valence-electron chi connectivity index (χ2n) is 6.30. The second kappa shape index (κ2) is 5.16. The van der Waals surface area contributed by atoms with E-state index in [1.165, 1.54) is 11.1 Å². The molecule has 1 aromatic carbocycles. The van der Waals surface area contributed by atoms with Crippen LogP contribution in [0.3, 0.4) is 0 Å². The summed E-state index contributed by atoms with van der Waals surface area (Å²) < 4.78 is 10.9. The molecule has 5 heteroatoms. The van der Waals surface area contributed by atoms with E-state index in [2.05, 4.69) is 21.9 Å². The number of hydrogen-bond acceptors (Lipinski definition) is 4. The van der Waals surface area contributed by atoms with Gasteiger partial charge in [-0.25, -0.2) is 0 Å². The van der Waals surface area contributed by atoms with Gasteiger partial charge in [-0.2, -0.15) is 0 Å². The smallest absolute Gasteiger partial charge is 0.223 e. The van der Waals surface area contributed by atoms with Crippen LogP contribution in [0.1, 0.15) is 36.4 Å². The van der Waals surface area contributed by atoms with Crippen molar-refractivity contribution in [3.05, 3.63) is 23.3 Å². The number of benzene rings is 1. The Balaban J connectivity index is 1.71. The third kappa shape index (κ3) is 1.92. The highest BCUT2D eigenvalue weighted by molar-refractivity contribution is 5.78. The van der Waals surface area contributed by atoms with E-state index in [-0.39, 0.29) is 0 Å². The summed E-state index contributed by atoms with van der Waals surface area (Å²) in [6, 6.07) is 4.66. The van der Waals surface area contributed by atoms with E-state index in [0.717, 1.165) is 43.9 Å². The molecule has 3 aliphatic heterocycles. The van der Waals surface area contributed by atoms with Gasteiger partial charge in [0.2, 0.25) is 5.91 Å². The van der Waals surface area contributed by atoms with Crippen LogP contribution >= 0.6 is 0 Å². The van der Waals surface area contributed by atoms with Gasteiger partial charge in [0.1, 0.15) is 0 Å². The van der Waals surface area contributed by atoms with E-state index >= 15 is 0 Å². The van der Waals surface area contributed by atoms with Crippen molar-refractivity contribution in [3.8, 4) is 11.5 Å². The number of fused-ring (bicyclic) bond motifs is 5. The minimum absolute atomic E-state index is 0.299. The Labute approximate surface area is 130 Å². The lowest BCUT2D eigenvalue weighted by molar-refractivity contribution is -0.135. The molecule has 1 amide bonds. The molecular formula is C17H22N2O3. The molecule has 3 aliphatic rings. The van der Waals surface area contributed by atoms with Crippen molar-refractivity contribution in [1.82, 2.24) is 9.80 Å². The first-order chi connectivity index (χ1) is 10.7. The molecular weight excluding hydrogens is 280 g/mol. The highest BCUT2D eigenvalue weighted by atomic mass is 16.5. The second-order valence-corrected chi connectivity index (χ2v) is 6.30. The van der Waals surface area contributed by atoms with Gasteiger partial charge in [-0.1, -0.05) is 0 Å². The first-order valence-corrected chi connectivity index (χ1v) is 8.03. The number of rotatable bonds is 2. The summed E-state index contributed by atoms with van der Waals surface area (Å²) in [4.78, 5) is 16.6. The summed E-state index contributed by atoms with van der Waals surface area (Å²) in [5, 5.41) is 0. The zero-order chi connectivity index (χ0) is 15.3. The van der Waals surface area contributed by atoms with E-state index < -0.39 is 0 Å². The summed E-state index contributed by atoms with van der Waals surface area (Å²) in [5.41, 5.74) is 2.71.